The summed E-state index contributed by atoms with van der Waals surface area (Å²) >= 11 is 0. The molecule has 1 aliphatic heterocycles. The molecule has 0 saturated carbocycles. The van der Waals surface area contributed by atoms with Crippen molar-refractivity contribution in [3.8, 4) is 11.4 Å². The van der Waals surface area contributed by atoms with Crippen LogP contribution in [0.2, 0.25) is 0 Å². The van der Waals surface area contributed by atoms with Crippen LogP contribution < -0.4 is 10.2 Å². The maximum atomic E-state index is 12.8. The predicted molar refractivity (Wildman–Crippen MR) is 120 cm³/mol. The Labute approximate surface area is 196 Å². The Hall–Kier alpha value is -4.22. The summed E-state index contributed by atoms with van der Waals surface area (Å²) < 4.78 is 48.2. The molecule has 180 valence electrons. The number of rotatable bonds is 5. The van der Waals surface area contributed by atoms with Crippen molar-refractivity contribution in [2.75, 3.05) is 23.3 Å². The van der Waals surface area contributed by atoms with Crippen LogP contribution >= 0.6 is 0 Å². The maximum Gasteiger partial charge on any atom is 0.471 e. The molecule has 12 heteroatoms. The number of hydrogen-bond donors (Lipinski definition) is 1. The standard InChI is InChI=1S/C23H19F3N6O3/c24-23(25,26)21-30-20(31-35-21)16-6-7-17(15-4-3-9-27-19(15)16)29-22(33)34-13-14-5-8-18(28-12-14)32-10-1-2-11-32/h3-9,12H,1-2,10-11,13H2,(H,29,33). The second kappa shape index (κ2) is 9.20. The highest BCUT2D eigenvalue weighted by molar-refractivity contribution is 6.03. The van der Waals surface area contributed by atoms with Gasteiger partial charge in [0.25, 0.3) is 0 Å². The molecule has 1 aromatic carbocycles. The summed E-state index contributed by atoms with van der Waals surface area (Å²) in [6, 6.07) is 10.0. The van der Waals surface area contributed by atoms with E-state index in [0.29, 0.717) is 16.6 Å². The lowest BCUT2D eigenvalue weighted by Crippen LogP contribution is -2.19. The van der Waals surface area contributed by atoms with E-state index < -0.39 is 18.2 Å². The largest absolute Gasteiger partial charge is 0.471 e. The summed E-state index contributed by atoms with van der Waals surface area (Å²) in [6.07, 6.45) is -0.00925. The van der Waals surface area contributed by atoms with Gasteiger partial charge in [0.2, 0.25) is 5.82 Å². The molecule has 35 heavy (non-hydrogen) atoms. The highest BCUT2D eigenvalue weighted by Crippen LogP contribution is 2.33. The van der Waals surface area contributed by atoms with Gasteiger partial charge in [0.15, 0.2) is 0 Å². The van der Waals surface area contributed by atoms with E-state index in [1.165, 1.54) is 18.3 Å². The number of benzene rings is 1. The third kappa shape index (κ3) is 4.86. The van der Waals surface area contributed by atoms with Crippen molar-refractivity contribution < 1.29 is 27.2 Å². The fourth-order valence-corrected chi connectivity index (χ4v) is 3.84. The first-order chi connectivity index (χ1) is 16.9. The Kier molecular flexibility index (Phi) is 5.93. The Balaban J connectivity index is 1.29. The van der Waals surface area contributed by atoms with Crippen LogP contribution in [0.5, 0.6) is 0 Å². The Morgan fingerprint density at radius 2 is 1.94 bits per heavy atom. The van der Waals surface area contributed by atoms with E-state index in [0.717, 1.165) is 37.3 Å². The second-order valence-corrected chi connectivity index (χ2v) is 7.90. The van der Waals surface area contributed by atoms with E-state index in [2.05, 4.69) is 34.8 Å². The summed E-state index contributed by atoms with van der Waals surface area (Å²) in [5.41, 5.74) is 1.62. The van der Waals surface area contributed by atoms with Crippen LogP contribution in [-0.2, 0) is 17.5 Å². The molecule has 1 fully saturated rings. The first-order valence-corrected chi connectivity index (χ1v) is 10.8. The molecule has 0 atom stereocenters. The maximum absolute atomic E-state index is 12.8. The number of aromatic nitrogens is 4. The van der Waals surface area contributed by atoms with Crippen LogP contribution in [0.15, 0.2) is 53.3 Å². The highest BCUT2D eigenvalue weighted by atomic mass is 19.4. The zero-order chi connectivity index (χ0) is 24.4. The number of ether oxygens (including phenoxy) is 1. The first-order valence-electron chi connectivity index (χ1n) is 10.8. The van der Waals surface area contributed by atoms with Crippen LogP contribution in [0.4, 0.5) is 29.5 Å². The molecule has 4 aromatic rings. The molecule has 0 aliphatic carbocycles. The van der Waals surface area contributed by atoms with E-state index in [-0.39, 0.29) is 18.0 Å². The minimum absolute atomic E-state index is 0.0243. The predicted octanol–water partition coefficient (Wildman–Crippen LogP) is 5.05. The molecular weight excluding hydrogens is 465 g/mol. The number of alkyl halides is 3. The number of hydrogen-bond acceptors (Lipinski definition) is 8. The van der Waals surface area contributed by atoms with Crippen molar-refractivity contribution in [2.24, 2.45) is 0 Å². The zero-order valence-corrected chi connectivity index (χ0v) is 18.2. The van der Waals surface area contributed by atoms with Crippen LogP contribution in [0.3, 0.4) is 0 Å². The van der Waals surface area contributed by atoms with Gasteiger partial charge in [-0.05, 0) is 43.2 Å². The van der Waals surface area contributed by atoms with Crippen LogP contribution in [0, 0.1) is 0 Å². The topological polar surface area (TPSA) is 106 Å². The summed E-state index contributed by atoms with van der Waals surface area (Å²) in [7, 11) is 0. The van der Waals surface area contributed by atoms with Crippen LogP contribution in [0.25, 0.3) is 22.3 Å². The number of pyridine rings is 2. The molecule has 9 nitrogen and oxygen atoms in total. The van der Waals surface area contributed by atoms with E-state index in [1.807, 2.05) is 12.1 Å². The van der Waals surface area contributed by atoms with Crippen molar-refractivity contribution in [3.05, 3.63) is 60.2 Å². The number of amides is 1. The molecule has 1 N–H and O–H groups in total. The highest BCUT2D eigenvalue weighted by Gasteiger charge is 2.38. The lowest BCUT2D eigenvalue weighted by Gasteiger charge is -2.16. The number of carbonyl (C=O) groups excluding carboxylic acids is 1. The Morgan fingerprint density at radius 3 is 2.66 bits per heavy atom. The van der Waals surface area contributed by atoms with E-state index in [9.17, 15) is 18.0 Å². The third-order valence-electron chi connectivity index (χ3n) is 5.52. The van der Waals surface area contributed by atoms with Gasteiger partial charge in [-0.3, -0.25) is 10.3 Å². The Morgan fingerprint density at radius 1 is 1.11 bits per heavy atom. The van der Waals surface area contributed by atoms with E-state index >= 15 is 0 Å². The number of fused-ring (bicyclic) bond motifs is 1. The molecule has 5 rings (SSSR count). The number of nitrogens with zero attached hydrogens (tertiary/aromatic N) is 5. The van der Waals surface area contributed by atoms with Gasteiger partial charge < -0.3 is 14.2 Å². The molecule has 0 bridgehead atoms. The van der Waals surface area contributed by atoms with Gasteiger partial charge in [-0.25, -0.2) is 9.78 Å². The van der Waals surface area contributed by atoms with Crippen molar-refractivity contribution in [1.29, 1.82) is 0 Å². The first kappa shape index (κ1) is 22.6. The molecule has 0 radical (unpaired) electrons. The summed E-state index contributed by atoms with van der Waals surface area (Å²) in [4.78, 5) is 26.7. The van der Waals surface area contributed by atoms with Gasteiger partial charge in [-0.1, -0.05) is 11.2 Å². The average Bonchev–Trinajstić information content (AvgIpc) is 3.56. The van der Waals surface area contributed by atoms with Crippen molar-refractivity contribution >= 4 is 28.5 Å². The van der Waals surface area contributed by atoms with Gasteiger partial charge in [-0.15, -0.1) is 0 Å². The lowest BCUT2D eigenvalue weighted by molar-refractivity contribution is -0.159. The molecule has 4 heterocycles. The van der Waals surface area contributed by atoms with Gasteiger partial charge in [0, 0.05) is 42.0 Å². The Bertz CT molecular complexity index is 1350. The van der Waals surface area contributed by atoms with E-state index in [4.69, 9.17) is 4.74 Å². The summed E-state index contributed by atoms with van der Waals surface area (Å²) in [5, 5.41) is 6.54. The van der Waals surface area contributed by atoms with Gasteiger partial charge in [0.1, 0.15) is 12.4 Å². The third-order valence-corrected chi connectivity index (χ3v) is 5.52. The molecule has 1 aliphatic rings. The molecular formula is C23H19F3N6O3. The normalized spacial score (nSPS) is 13.9. The minimum Gasteiger partial charge on any atom is -0.444 e. The smallest absolute Gasteiger partial charge is 0.444 e. The summed E-state index contributed by atoms with van der Waals surface area (Å²) in [5.74, 6) is -0.816. The number of carbonyl (C=O) groups is 1. The van der Waals surface area contributed by atoms with E-state index in [1.54, 1.807) is 18.3 Å². The van der Waals surface area contributed by atoms with Gasteiger partial charge >= 0.3 is 18.2 Å². The average molecular weight is 484 g/mol. The second-order valence-electron chi connectivity index (χ2n) is 7.90. The number of anilines is 2. The molecule has 0 spiro atoms. The number of nitrogens with one attached hydrogen (secondary N) is 1. The molecule has 3 aromatic heterocycles. The zero-order valence-electron chi connectivity index (χ0n) is 18.2. The quantitative estimate of drug-likeness (QED) is 0.420. The van der Waals surface area contributed by atoms with Gasteiger partial charge in [0.05, 0.1) is 11.2 Å². The van der Waals surface area contributed by atoms with Crippen molar-refractivity contribution in [2.45, 2.75) is 25.6 Å². The van der Waals surface area contributed by atoms with Crippen molar-refractivity contribution in [1.82, 2.24) is 20.1 Å². The fourth-order valence-electron chi connectivity index (χ4n) is 3.84. The number of halogens is 3. The van der Waals surface area contributed by atoms with Crippen LogP contribution in [0.1, 0.15) is 24.3 Å². The van der Waals surface area contributed by atoms with Crippen molar-refractivity contribution in [3.63, 3.8) is 0 Å². The fraction of sp³-hybridized carbons (Fsp3) is 0.261. The van der Waals surface area contributed by atoms with Gasteiger partial charge in [-0.2, -0.15) is 18.2 Å². The SMILES string of the molecule is O=C(Nc1ccc(-c2noc(C(F)(F)F)n2)c2ncccc12)OCc1ccc(N2CCCC2)nc1. The van der Waals surface area contributed by atoms with Crippen LogP contribution in [-0.4, -0.2) is 39.3 Å². The molecule has 0 unspecified atom stereocenters. The molecule has 1 amide bonds. The minimum atomic E-state index is -4.76. The lowest BCUT2D eigenvalue weighted by atomic mass is 10.1. The monoisotopic (exact) mass is 484 g/mol. The summed E-state index contributed by atoms with van der Waals surface area (Å²) in [6.45, 7) is 2.00. The molecule has 1 saturated heterocycles.